The molecule has 0 aliphatic rings. The smallest absolute Gasteiger partial charge is 0.462 e. The largest absolute Gasteiger partial charge is 0.472 e. The van der Waals surface area contributed by atoms with Crippen LogP contribution in [0.4, 0.5) is 0 Å². The molecule has 10 heteroatoms. The van der Waals surface area contributed by atoms with E-state index in [-0.39, 0.29) is 38.6 Å². The van der Waals surface area contributed by atoms with Crippen molar-refractivity contribution in [3.05, 3.63) is 0 Å². The highest BCUT2D eigenvalue weighted by atomic mass is 31.2. The Hall–Kier alpha value is -0.990. The number of unbranched alkanes of at least 4 members (excludes halogenated alkanes) is 28. The minimum atomic E-state index is -4.34. The maximum Gasteiger partial charge on any atom is 0.472 e. The van der Waals surface area contributed by atoms with Crippen LogP contribution in [0.15, 0.2) is 0 Å². The molecule has 0 amide bonds. The van der Waals surface area contributed by atoms with Crippen LogP contribution in [0.5, 0.6) is 0 Å². The molecule has 9 nitrogen and oxygen atoms in total. The highest BCUT2D eigenvalue weighted by Gasteiger charge is 2.25. The molecule has 1 unspecified atom stereocenters. The molecule has 0 heterocycles. The Bertz CT molecular complexity index is 815. The molecule has 3 N–H and O–H groups in total. The lowest BCUT2D eigenvalue weighted by Crippen LogP contribution is -2.29. The van der Waals surface area contributed by atoms with Gasteiger partial charge in [-0.3, -0.25) is 18.6 Å². The van der Waals surface area contributed by atoms with Crippen molar-refractivity contribution in [2.24, 2.45) is 5.73 Å². The summed E-state index contributed by atoms with van der Waals surface area (Å²) in [7, 11) is -4.34. The Morgan fingerprint density at radius 2 is 0.882 bits per heavy atom. The van der Waals surface area contributed by atoms with Crippen molar-refractivity contribution in [2.75, 3.05) is 26.4 Å². The van der Waals surface area contributed by atoms with Crippen LogP contribution in [0, 0.1) is 0 Å². The second-order valence-corrected chi connectivity index (χ2v) is 16.0. The van der Waals surface area contributed by atoms with Crippen molar-refractivity contribution < 1.29 is 37.6 Å². The quantitative estimate of drug-likeness (QED) is 0.0356. The Kier molecular flexibility index (Phi) is 38.0. The van der Waals surface area contributed by atoms with Gasteiger partial charge in [-0.15, -0.1) is 0 Å². The Morgan fingerprint density at radius 3 is 1.24 bits per heavy atom. The van der Waals surface area contributed by atoms with Gasteiger partial charge < -0.3 is 20.1 Å². The predicted octanol–water partition coefficient (Wildman–Crippen LogP) is 12.1. The first kappa shape index (κ1) is 50.0. The maximum absolute atomic E-state index is 12.2. The van der Waals surface area contributed by atoms with Gasteiger partial charge in [-0.2, -0.15) is 0 Å². The Balaban J connectivity index is 3.53. The van der Waals surface area contributed by atoms with Gasteiger partial charge in [0.15, 0.2) is 6.10 Å². The van der Waals surface area contributed by atoms with E-state index >= 15 is 0 Å². The fourth-order valence-corrected chi connectivity index (χ4v) is 7.09. The summed E-state index contributed by atoms with van der Waals surface area (Å²) in [6.45, 7) is 3.35. The average Bonchev–Trinajstić information content (AvgIpc) is 3.11. The normalized spacial score (nSPS) is 13.3. The number of ether oxygens (including phenoxy) is 2. The summed E-state index contributed by atoms with van der Waals surface area (Å²) in [4.78, 5) is 33.8. The van der Waals surface area contributed by atoms with E-state index < -0.39 is 26.5 Å². The predicted molar refractivity (Wildman–Crippen MR) is 211 cm³/mol. The molecule has 304 valence electrons. The van der Waals surface area contributed by atoms with Gasteiger partial charge in [-0.25, -0.2) is 4.57 Å². The first-order valence-electron chi connectivity index (χ1n) is 21.5. The molecule has 0 aliphatic carbocycles. The molecule has 0 fully saturated rings. The SMILES string of the molecule is CCCCCCCCCCCCCCCCCCCCCCCCCCCCCCCC(=O)OC[C@H](COP(=O)(O)OCCN)OC(=O)CCC. The van der Waals surface area contributed by atoms with E-state index in [0.717, 1.165) is 19.3 Å². The van der Waals surface area contributed by atoms with Crippen molar-refractivity contribution in [3.63, 3.8) is 0 Å². The van der Waals surface area contributed by atoms with Crippen LogP contribution in [-0.2, 0) is 32.7 Å². The molecule has 2 atom stereocenters. The summed E-state index contributed by atoms with van der Waals surface area (Å²) in [5, 5.41) is 0. The highest BCUT2D eigenvalue weighted by Crippen LogP contribution is 2.43. The molecule has 0 bridgehead atoms. The zero-order chi connectivity index (χ0) is 37.5. The van der Waals surface area contributed by atoms with Crippen LogP contribution in [0.2, 0.25) is 0 Å². The van der Waals surface area contributed by atoms with E-state index in [1.807, 2.05) is 6.92 Å². The fraction of sp³-hybridized carbons (Fsp3) is 0.951. The van der Waals surface area contributed by atoms with Crippen molar-refractivity contribution in [3.8, 4) is 0 Å². The van der Waals surface area contributed by atoms with Gasteiger partial charge in [0.25, 0.3) is 0 Å². The molecular formula is C41H82NO8P. The van der Waals surface area contributed by atoms with Gasteiger partial charge in [-0.05, 0) is 12.8 Å². The van der Waals surface area contributed by atoms with E-state index in [1.54, 1.807) is 0 Å². The van der Waals surface area contributed by atoms with Crippen molar-refractivity contribution in [1.29, 1.82) is 0 Å². The van der Waals surface area contributed by atoms with Crippen molar-refractivity contribution in [2.45, 2.75) is 225 Å². The van der Waals surface area contributed by atoms with E-state index in [1.165, 1.54) is 167 Å². The van der Waals surface area contributed by atoms with E-state index in [0.29, 0.717) is 6.42 Å². The number of phosphoric acid groups is 1. The second kappa shape index (κ2) is 38.7. The molecule has 0 aromatic rings. The molecule has 51 heavy (non-hydrogen) atoms. The topological polar surface area (TPSA) is 134 Å². The molecule has 0 aromatic carbocycles. The molecule has 0 rings (SSSR count). The van der Waals surface area contributed by atoms with E-state index in [4.69, 9.17) is 19.7 Å². The number of rotatable bonds is 41. The summed E-state index contributed by atoms with van der Waals surface area (Å²) in [6, 6.07) is 0. The minimum absolute atomic E-state index is 0.0557. The molecule has 0 saturated carbocycles. The van der Waals surface area contributed by atoms with Crippen LogP contribution in [0.1, 0.15) is 219 Å². The van der Waals surface area contributed by atoms with Gasteiger partial charge in [-0.1, -0.05) is 194 Å². The van der Waals surface area contributed by atoms with E-state index in [2.05, 4.69) is 11.4 Å². The first-order chi connectivity index (χ1) is 24.8. The molecule has 0 spiro atoms. The van der Waals surface area contributed by atoms with E-state index in [9.17, 15) is 19.0 Å². The molecule has 0 saturated heterocycles. The van der Waals surface area contributed by atoms with Crippen molar-refractivity contribution >= 4 is 19.8 Å². The van der Waals surface area contributed by atoms with Crippen LogP contribution in [0.25, 0.3) is 0 Å². The number of carbonyl (C=O) groups excluding carboxylic acids is 2. The number of hydrogen-bond acceptors (Lipinski definition) is 8. The lowest BCUT2D eigenvalue weighted by Gasteiger charge is -2.19. The fourth-order valence-electron chi connectivity index (χ4n) is 6.32. The van der Waals surface area contributed by atoms with Gasteiger partial charge >= 0.3 is 19.8 Å². The summed E-state index contributed by atoms with van der Waals surface area (Å²) >= 11 is 0. The standard InChI is InChI=1S/C41H82NO8P/c1-3-5-6-7-8-9-10-11-12-13-14-15-16-17-18-19-20-21-22-23-24-25-26-27-28-29-30-31-32-34-40(43)47-37-39(50-41(44)33-4-2)38-49-51(45,46)48-36-35-42/h39H,3-38,42H2,1-2H3,(H,45,46)/t39-/m1/s1. The van der Waals surface area contributed by atoms with Gasteiger partial charge in [0, 0.05) is 19.4 Å². The second-order valence-electron chi connectivity index (χ2n) is 14.6. The summed E-state index contributed by atoms with van der Waals surface area (Å²) < 4.78 is 32.0. The zero-order valence-corrected chi connectivity index (χ0v) is 34.3. The lowest BCUT2D eigenvalue weighted by molar-refractivity contribution is -0.161. The lowest BCUT2D eigenvalue weighted by atomic mass is 10.0. The van der Waals surface area contributed by atoms with Crippen LogP contribution in [-0.4, -0.2) is 49.3 Å². The summed E-state index contributed by atoms with van der Waals surface area (Å²) in [6.07, 6.45) is 39.3. The van der Waals surface area contributed by atoms with Crippen LogP contribution < -0.4 is 5.73 Å². The minimum Gasteiger partial charge on any atom is -0.462 e. The first-order valence-corrected chi connectivity index (χ1v) is 23.0. The molecular weight excluding hydrogens is 665 g/mol. The monoisotopic (exact) mass is 748 g/mol. The summed E-state index contributed by atoms with van der Waals surface area (Å²) in [5.41, 5.74) is 5.28. The van der Waals surface area contributed by atoms with Gasteiger partial charge in [0.2, 0.25) is 0 Å². The maximum atomic E-state index is 12.2. The third-order valence-corrected chi connectivity index (χ3v) is 10.4. The Labute approximate surface area is 314 Å². The number of hydrogen-bond donors (Lipinski definition) is 2. The third kappa shape index (κ3) is 38.5. The number of phosphoric ester groups is 1. The summed E-state index contributed by atoms with van der Waals surface area (Å²) in [5.74, 6) is -0.878. The highest BCUT2D eigenvalue weighted by molar-refractivity contribution is 7.47. The molecule has 0 aromatic heterocycles. The third-order valence-electron chi connectivity index (χ3n) is 9.46. The molecule has 0 aliphatic heterocycles. The van der Waals surface area contributed by atoms with Crippen molar-refractivity contribution in [1.82, 2.24) is 0 Å². The zero-order valence-electron chi connectivity index (χ0n) is 33.4. The van der Waals surface area contributed by atoms with Crippen LogP contribution >= 0.6 is 7.82 Å². The average molecular weight is 748 g/mol. The number of esters is 2. The van der Waals surface area contributed by atoms with Crippen LogP contribution in [0.3, 0.4) is 0 Å². The Morgan fingerprint density at radius 1 is 0.510 bits per heavy atom. The van der Waals surface area contributed by atoms with Gasteiger partial charge in [0.05, 0.1) is 13.2 Å². The molecule has 0 radical (unpaired) electrons. The number of nitrogens with two attached hydrogens (primary N) is 1. The van der Waals surface area contributed by atoms with Gasteiger partial charge in [0.1, 0.15) is 6.61 Å². The number of carbonyl (C=O) groups is 2.